The second-order valence-corrected chi connectivity index (χ2v) is 9.18. The molecule has 0 spiro atoms. The Balaban J connectivity index is 1.66. The number of rotatable bonds is 12. The minimum Gasteiger partial charge on any atom is -0.385 e. The lowest BCUT2D eigenvalue weighted by atomic mass is 10.2. The molecule has 29 heavy (non-hydrogen) atoms. The molecule has 2 aromatic heterocycles. The maximum atomic E-state index is 5.89. The third kappa shape index (κ3) is 5.59. The average molecular weight is 441 g/mol. The number of ether oxygens (including phenoxy) is 2. The molecular formula is C19H29ClN6O2S. The van der Waals surface area contributed by atoms with Gasteiger partial charge in [-0.2, -0.15) is 0 Å². The van der Waals surface area contributed by atoms with Crippen molar-refractivity contribution in [2.75, 3.05) is 25.5 Å². The molecular weight excluding hydrogens is 412 g/mol. The van der Waals surface area contributed by atoms with E-state index in [0.717, 1.165) is 50.5 Å². The van der Waals surface area contributed by atoms with Crippen LogP contribution in [-0.2, 0) is 21.4 Å². The van der Waals surface area contributed by atoms with Crippen molar-refractivity contribution in [1.29, 1.82) is 0 Å². The van der Waals surface area contributed by atoms with E-state index < -0.39 is 0 Å². The molecule has 1 fully saturated rings. The molecule has 2 aromatic rings. The number of unbranched alkanes of at least 4 members (excludes halogenated alkanes) is 1. The molecule has 10 heteroatoms. The van der Waals surface area contributed by atoms with Crippen LogP contribution < -0.4 is 4.72 Å². The summed E-state index contributed by atoms with van der Waals surface area (Å²) in [7, 11) is 3.39. The predicted octanol–water partition coefficient (Wildman–Crippen LogP) is 4.04. The van der Waals surface area contributed by atoms with E-state index in [1.54, 1.807) is 26.6 Å². The smallest absolute Gasteiger partial charge is 0.235 e. The zero-order valence-electron chi connectivity index (χ0n) is 17.4. The molecule has 0 amide bonds. The molecule has 1 N–H and O–H groups in total. The van der Waals surface area contributed by atoms with Crippen molar-refractivity contribution >= 4 is 29.5 Å². The predicted molar refractivity (Wildman–Crippen MR) is 115 cm³/mol. The maximum Gasteiger partial charge on any atom is 0.235 e. The average Bonchev–Trinajstić information content (AvgIpc) is 3.32. The van der Waals surface area contributed by atoms with Gasteiger partial charge in [0, 0.05) is 45.2 Å². The number of halogens is 1. The Morgan fingerprint density at radius 1 is 1.24 bits per heavy atom. The van der Waals surface area contributed by atoms with Crippen molar-refractivity contribution in [1.82, 2.24) is 24.7 Å². The van der Waals surface area contributed by atoms with Crippen molar-refractivity contribution < 1.29 is 9.47 Å². The van der Waals surface area contributed by atoms with Gasteiger partial charge in [0.2, 0.25) is 5.95 Å². The van der Waals surface area contributed by atoms with Crippen LogP contribution in [0.5, 0.6) is 0 Å². The summed E-state index contributed by atoms with van der Waals surface area (Å²) in [5, 5.41) is 9.43. The summed E-state index contributed by atoms with van der Waals surface area (Å²) in [5.74, 6) is 2.42. The second kappa shape index (κ2) is 10.1. The van der Waals surface area contributed by atoms with E-state index in [2.05, 4.69) is 43.3 Å². The highest BCUT2D eigenvalue weighted by molar-refractivity contribution is 8.01. The molecule has 2 heterocycles. The first kappa shape index (κ1) is 22.3. The fourth-order valence-electron chi connectivity index (χ4n) is 3.23. The number of methoxy groups -OCH3 is 2. The number of aromatic nitrogens is 5. The summed E-state index contributed by atoms with van der Waals surface area (Å²) in [4.78, 5) is 8.59. The van der Waals surface area contributed by atoms with Crippen LogP contribution in [-0.4, -0.2) is 50.8 Å². The third-order valence-electron chi connectivity index (χ3n) is 5.15. The Bertz CT molecular complexity index is 784. The van der Waals surface area contributed by atoms with Crippen molar-refractivity contribution in [3.05, 3.63) is 29.1 Å². The second-order valence-electron chi connectivity index (χ2n) is 7.56. The molecule has 3 rings (SSSR count). The third-order valence-corrected chi connectivity index (χ3v) is 6.27. The SMILES string of the molecule is COCCCCc1nnc(NSC(C)C(OC)c2ncc(Cl)cn2)n1C1(C)CC1. The van der Waals surface area contributed by atoms with Crippen LogP contribution in [0, 0.1) is 0 Å². The highest BCUT2D eigenvalue weighted by atomic mass is 35.5. The molecule has 2 atom stereocenters. The van der Waals surface area contributed by atoms with Gasteiger partial charge in [-0.3, -0.25) is 9.29 Å². The Hall–Kier alpha value is -1.42. The van der Waals surface area contributed by atoms with Crippen LogP contribution in [0.4, 0.5) is 5.95 Å². The van der Waals surface area contributed by atoms with Gasteiger partial charge in [-0.05, 0) is 51.5 Å². The fourth-order valence-corrected chi connectivity index (χ4v) is 4.11. The van der Waals surface area contributed by atoms with Gasteiger partial charge in [0.1, 0.15) is 11.9 Å². The molecule has 1 saturated carbocycles. The highest BCUT2D eigenvalue weighted by Gasteiger charge is 2.43. The fraction of sp³-hybridized carbons (Fsp3) is 0.684. The van der Waals surface area contributed by atoms with Crippen molar-refractivity contribution in [3.8, 4) is 0 Å². The lowest BCUT2D eigenvalue weighted by molar-refractivity contribution is 0.0972. The van der Waals surface area contributed by atoms with Gasteiger partial charge < -0.3 is 9.47 Å². The summed E-state index contributed by atoms with van der Waals surface area (Å²) in [5.41, 5.74) is 0.103. The van der Waals surface area contributed by atoms with Crippen LogP contribution in [0.25, 0.3) is 0 Å². The van der Waals surface area contributed by atoms with Gasteiger partial charge in [0.15, 0.2) is 5.82 Å². The maximum absolute atomic E-state index is 5.89. The number of nitrogens with zero attached hydrogens (tertiary/aromatic N) is 5. The van der Waals surface area contributed by atoms with E-state index in [0.29, 0.717) is 10.8 Å². The molecule has 0 saturated heterocycles. The van der Waals surface area contributed by atoms with E-state index in [9.17, 15) is 0 Å². The lowest BCUT2D eigenvalue weighted by Gasteiger charge is -2.22. The van der Waals surface area contributed by atoms with Crippen LogP contribution in [0.3, 0.4) is 0 Å². The standard InChI is InChI=1S/C19H29ClN6O2S/c1-13(16(28-4)17-21-11-14(20)12-22-17)29-25-18-24-23-15(7-5-6-10-27-3)26(18)19(2)8-9-19/h11-13,16H,5-10H2,1-4H3,(H,24,25). The van der Waals surface area contributed by atoms with Crippen molar-refractivity contribution in [2.24, 2.45) is 0 Å². The van der Waals surface area contributed by atoms with E-state index in [1.807, 2.05) is 0 Å². The van der Waals surface area contributed by atoms with E-state index in [-0.39, 0.29) is 16.9 Å². The highest BCUT2D eigenvalue weighted by Crippen LogP contribution is 2.45. The topological polar surface area (TPSA) is 87.0 Å². The van der Waals surface area contributed by atoms with Gasteiger partial charge in [-0.15, -0.1) is 10.2 Å². The van der Waals surface area contributed by atoms with Crippen molar-refractivity contribution in [2.45, 2.75) is 62.8 Å². The van der Waals surface area contributed by atoms with Crippen LogP contribution in [0.2, 0.25) is 5.02 Å². The molecule has 0 bridgehead atoms. The summed E-state index contributed by atoms with van der Waals surface area (Å²) < 4.78 is 16.4. The molecule has 2 unspecified atom stereocenters. The monoisotopic (exact) mass is 440 g/mol. The Morgan fingerprint density at radius 2 is 1.97 bits per heavy atom. The number of hydrogen-bond acceptors (Lipinski definition) is 8. The minimum atomic E-state index is -0.272. The largest absolute Gasteiger partial charge is 0.385 e. The first-order valence-corrected chi connectivity index (χ1v) is 11.1. The summed E-state index contributed by atoms with van der Waals surface area (Å²) in [6.45, 7) is 5.10. The summed E-state index contributed by atoms with van der Waals surface area (Å²) in [6, 6.07) is 0. The van der Waals surface area contributed by atoms with Crippen LogP contribution in [0.1, 0.15) is 57.3 Å². The van der Waals surface area contributed by atoms with Gasteiger partial charge in [-0.25, -0.2) is 9.97 Å². The van der Waals surface area contributed by atoms with Crippen molar-refractivity contribution in [3.63, 3.8) is 0 Å². The zero-order chi connectivity index (χ0) is 20.9. The lowest BCUT2D eigenvalue weighted by Crippen LogP contribution is -2.21. The number of aryl methyl sites for hydroxylation is 1. The van der Waals surface area contributed by atoms with E-state index in [4.69, 9.17) is 21.1 Å². The normalized spacial score (nSPS) is 17.1. The quantitative estimate of drug-likeness (QED) is 0.391. The van der Waals surface area contributed by atoms with Crippen LogP contribution >= 0.6 is 23.5 Å². The Kier molecular flexibility index (Phi) is 7.72. The van der Waals surface area contributed by atoms with E-state index in [1.165, 1.54) is 11.9 Å². The molecule has 8 nitrogen and oxygen atoms in total. The Morgan fingerprint density at radius 3 is 2.59 bits per heavy atom. The molecule has 0 aliphatic heterocycles. The van der Waals surface area contributed by atoms with Crippen LogP contribution in [0.15, 0.2) is 12.4 Å². The molecule has 160 valence electrons. The summed E-state index contributed by atoms with van der Waals surface area (Å²) in [6.07, 6.45) is 8.13. The van der Waals surface area contributed by atoms with E-state index >= 15 is 0 Å². The summed E-state index contributed by atoms with van der Waals surface area (Å²) >= 11 is 7.43. The molecule has 1 aliphatic carbocycles. The molecule has 1 aliphatic rings. The first-order chi connectivity index (χ1) is 14.0. The Labute approximate surface area is 181 Å². The zero-order valence-corrected chi connectivity index (χ0v) is 19.0. The number of anilines is 1. The molecule has 0 radical (unpaired) electrons. The molecule has 0 aromatic carbocycles. The van der Waals surface area contributed by atoms with Gasteiger partial charge in [-0.1, -0.05) is 11.6 Å². The van der Waals surface area contributed by atoms with Gasteiger partial charge >= 0.3 is 0 Å². The minimum absolute atomic E-state index is 0.0449. The van der Waals surface area contributed by atoms with Gasteiger partial charge in [0.05, 0.1) is 10.3 Å². The van der Waals surface area contributed by atoms with Gasteiger partial charge in [0.25, 0.3) is 0 Å². The number of hydrogen-bond donors (Lipinski definition) is 1. The number of nitrogens with one attached hydrogen (secondary N) is 1. The first-order valence-electron chi connectivity index (χ1n) is 9.84.